The van der Waals surface area contributed by atoms with E-state index in [-0.39, 0.29) is 29.4 Å². The Morgan fingerprint density at radius 3 is 3.50 bits per heavy atom. The van der Waals surface area contributed by atoms with Gasteiger partial charge in [-0.3, -0.25) is 4.98 Å². The molecule has 2 rings (SSSR count). The molecule has 0 aliphatic carbocycles. The molecule has 0 spiro atoms. The molecule has 0 amide bonds. The number of nitrogens with one attached hydrogen (secondary N) is 2. The summed E-state index contributed by atoms with van der Waals surface area (Å²) in [6.07, 6.45) is -0.411. The van der Waals surface area contributed by atoms with Crippen molar-refractivity contribution in [2.45, 2.75) is 0 Å². The van der Waals surface area contributed by atoms with E-state index in [2.05, 4.69) is 15.0 Å². The van der Waals surface area contributed by atoms with Crippen LogP contribution in [0.2, 0.25) is 0 Å². The van der Waals surface area contributed by atoms with Gasteiger partial charge in [-0.15, -0.1) is 0 Å². The molecule has 0 aliphatic heterocycles. The van der Waals surface area contributed by atoms with Gasteiger partial charge >= 0.3 is 5.69 Å². The minimum Gasteiger partial charge on any atom is -0.348 e. The summed E-state index contributed by atoms with van der Waals surface area (Å²) < 4.78 is 21.9. The zero-order valence-corrected chi connectivity index (χ0v) is 4.86. The number of hydrogen-bond acceptors (Lipinski definition) is 2. The molecular weight excluding hydrogens is 130 g/mol. The van der Waals surface area contributed by atoms with Crippen molar-refractivity contribution in [1.29, 1.82) is 0 Å². The molecule has 50 valence electrons. The van der Waals surface area contributed by atoms with E-state index in [0.29, 0.717) is 0 Å². The zero-order chi connectivity index (χ0) is 9.59. The molecule has 0 atom stereocenters. The molecule has 0 radical (unpaired) electrons. The van der Waals surface area contributed by atoms with Crippen LogP contribution >= 0.6 is 0 Å². The molecule has 2 aromatic heterocycles. The third kappa shape index (κ3) is 0.621. The Labute approximate surface area is 60.1 Å². The van der Waals surface area contributed by atoms with Crippen molar-refractivity contribution in [3.05, 3.63) is 28.9 Å². The first kappa shape index (κ1) is 3.01. The Hall–Kier alpha value is -1.58. The van der Waals surface area contributed by atoms with Crippen LogP contribution in [0.25, 0.3) is 11.0 Å². The number of rotatable bonds is 0. The largest absolute Gasteiger partial charge is 0.348 e. The van der Waals surface area contributed by atoms with Gasteiger partial charge in [0.15, 0.2) is 0 Å². The molecule has 4 nitrogen and oxygen atoms in total. The predicted molar refractivity (Wildman–Crippen MR) is 36.7 cm³/mol. The molecule has 0 saturated heterocycles. The summed E-state index contributed by atoms with van der Waals surface area (Å²) in [7, 11) is 0. The van der Waals surface area contributed by atoms with Crippen LogP contribution in [-0.2, 0) is 0 Å². The van der Waals surface area contributed by atoms with Gasteiger partial charge in [-0.05, 0) is 6.04 Å². The van der Waals surface area contributed by atoms with E-state index in [0.717, 1.165) is 0 Å². The SMILES string of the molecule is [2H]c1[nH]c2[nH]c(=O)nc([2H])c2c1[2H]. The van der Waals surface area contributed by atoms with Crippen molar-refractivity contribution >= 4 is 11.0 Å². The van der Waals surface area contributed by atoms with E-state index < -0.39 is 5.69 Å². The topological polar surface area (TPSA) is 61.5 Å². The van der Waals surface area contributed by atoms with Crippen molar-refractivity contribution in [1.82, 2.24) is 15.0 Å². The summed E-state index contributed by atoms with van der Waals surface area (Å²) in [5.41, 5.74) is -0.446. The molecule has 2 N–H and O–H groups in total. The Morgan fingerprint density at radius 1 is 1.70 bits per heavy atom. The van der Waals surface area contributed by atoms with Gasteiger partial charge in [-0.1, -0.05) is 0 Å². The van der Waals surface area contributed by atoms with Crippen molar-refractivity contribution in [3.8, 4) is 0 Å². The first-order valence-electron chi connectivity index (χ1n) is 4.15. The molecule has 0 saturated carbocycles. The third-order valence-electron chi connectivity index (χ3n) is 1.13. The summed E-state index contributed by atoms with van der Waals surface area (Å²) in [5, 5.41) is 0.171. The average Bonchev–Trinajstić information content (AvgIpc) is 2.27. The second kappa shape index (κ2) is 1.70. The molecule has 10 heavy (non-hydrogen) atoms. The molecule has 2 aromatic rings. The third-order valence-corrected chi connectivity index (χ3v) is 1.13. The van der Waals surface area contributed by atoms with Crippen LogP contribution in [0.3, 0.4) is 0 Å². The van der Waals surface area contributed by atoms with Gasteiger partial charge in [0.25, 0.3) is 0 Å². The second-order valence-electron chi connectivity index (χ2n) is 1.78. The summed E-state index contributed by atoms with van der Waals surface area (Å²) in [6.45, 7) is 0. The van der Waals surface area contributed by atoms with Crippen molar-refractivity contribution in [2.24, 2.45) is 0 Å². The van der Waals surface area contributed by atoms with Crippen LogP contribution in [0.5, 0.6) is 0 Å². The van der Waals surface area contributed by atoms with Gasteiger partial charge in [0.05, 0.1) is 4.11 Å². The number of H-pyrrole nitrogens is 2. The number of fused-ring (bicyclic) bond motifs is 1. The van der Waals surface area contributed by atoms with Gasteiger partial charge in [-0.2, -0.15) is 0 Å². The maximum absolute atomic E-state index is 10.8. The summed E-state index contributed by atoms with van der Waals surface area (Å²) in [6, 6.07) is -0.122. The van der Waals surface area contributed by atoms with Crippen molar-refractivity contribution < 1.29 is 4.11 Å². The van der Waals surface area contributed by atoms with E-state index in [1.54, 1.807) is 0 Å². The lowest BCUT2D eigenvalue weighted by atomic mass is 10.4. The molecule has 0 aromatic carbocycles. The maximum atomic E-state index is 10.8. The molecule has 4 heteroatoms. The minimum atomic E-state index is -0.654. The van der Waals surface area contributed by atoms with Crippen LogP contribution in [0.15, 0.2) is 23.2 Å². The zero-order valence-electron chi connectivity index (χ0n) is 7.86. The van der Waals surface area contributed by atoms with E-state index in [1.165, 1.54) is 0 Å². The summed E-state index contributed by atoms with van der Waals surface area (Å²) in [5.74, 6) is 0. The van der Waals surface area contributed by atoms with Crippen LogP contribution in [0.1, 0.15) is 4.11 Å². The molecular formula is C6H5N3O. The molecule has 2 heterocycles. The summed E-state index contributed by atoms with van der Waals surface area (Å²) in [4.78, 5) is 18.9. The van der Waals surface area contributed by atoms with Gasteiger partial charge < -0.3 is 4.98 Å². The first-order valence-corrected chi connectivity index (χ1v) is 2.65. The number of aromatic amines is 2. The van der Waals surface area contributed by atoms with Crippen LogP contribution in [0.4, 0.5) is 0 Å². The standard InChI is InChI=1S/C6H5N3O/c10-6-8-3-4-1-2-7-5(4)9-6/h1-3H,(H2,7,8,9,10)/i1D,2D,3D. The smallest absolute Gasteiger partial charge is 0.346 e. The molecule has 0 unspecified atom stereocenters. The van der Waals surface area contributed by atoms with E-state index >= 15 is 0 Å². The highest BCUT2D eigenvalue weighted by Crippen LogP contribution is 2.02. The van der Waals surface area contributed by atoms with E-state index in [4.69, 9.17) is 4.11 Å². The van der Waals surface area contributed by atoms with Gasteiger partial charge in [0, 0.05) is 17.7 Å². The molecule has 0 fully saturated rings. The highest BCUT2D eigenvalue weighted by atomic mass is 16.1. The highest BCUT2D eigenvalue weighted by molar-refractivity contribution is 5.73. The first-order chi connectivity index (χ1) is 6.09. The van der Waals surface area contributed by atoms with Crippen molar-refractivity contribution in [3.63, 3.8) is 0 Å². The van der Waals surface area contributed by atoms with Gasteiger partial charge in [0.2, 0.25) is 0 Å². The lowest BCUT2D eigenvalue weighted by Crippen LogP contribution is -2.07. The van der Waals surface area contributed by atoms with Crippen molar-refractivity contribution in [2.75, 3.05) is 0 Å². The van der Waals surface area contributed by atoms with Crippen LogP contribution in [-0.4, -0.2) is 15.0 Å². The predicted octanol–water partition coefficient (Wildman–Crippen LogP) is 0.251. The lowest BCUT2D eigenvalue weighted by Gasteiger charge is -1.83. The van der Waals surface area contributed by atoms with E-state index in [1.807, 2.05) is 0 Å². The Balaban J connectivity index is 3.03. The van der Waals surface area contributed by atoms with E-state index in [9.17, 15) is 4.79 Å². The number of nitrogens with zero attached hydrogens (tertiary/aromatic N) is 1. The normalized spacial score (nSPS) is 14.6. The fraction of sp³-hybridized carbons (Fsp3) is 0. The maximum Gasteiger partial charge on any atom is 0.346 e. The van der Waals surface area contributed by atoms with Gasteiger partial charge in [0.1, 0.15) is 5.65 Å². The fourth-order valence-electron chi connectivity index (χ4n) is 0.700. The number of aromatic nitrogens is 3. The Bertz CT molecular complexity index is 530. The minimum absolute atomic E-state index is 0.122. The molecule has 0 aliphatic rings. The number of hydrogen-bond donors (Lipinski definition) is 2. The Morgan fingerprint density at radius 2 is 2.60 bits per heavy atom. The Kier molecular flexibility index (Phi) is 0.510. The average molecular weight is 138 g/mol. The highest BCUT2D eigenvalue weighted by Gasteiger charge is 1.92. The lowest BCUT2D eigenvalue weighted by molar-refractivity contribution is 1.11. The van der Waals surface area contributed by atoms with Gasteiger partial charge in [-0.25, -0.2) is 9.78 Å². The summed E-state index contributed by atoms with van der Waals surface area (Å²) >= 11 is 0. The van der Waals surface area contributed by atoms with Crippen LogP contribution < -0.4 is 5.69 Å². The fourth-order valence-corrected chi connectivity index (χ4v) is 0.700. The second-order valence-corrected chi connectivity index (χ2v) is 1.78. The monoisotopic (exact) mass is 138 g/mol. The molecule has 0 bridgehead atoms. The van der Waals surface area contributed by atoms with Crippen LogP contribution in [0, 0.1) is 0 Å². The quantitative estimate of drug-likeness (QED) is 0.548.